The fourth-order valence-corrected chi connectivity index (χ4v) is 1.97. The van der Waals surface area contributed by atoms with Crippen molar-refractivity contribution in [2.75, 3.05) is 5.32 Å². The van der Waals surface area contributed by atoms with Gasteiger partial charge in [0.15, 0.2) is 5.78 Å². The zero-order valence-electron chi connectivity index (χ0n) is 12.3. The lowest BCUT2D eigenvalue weighted by Gasteiger charge is -2.08. The third-order valence-corrected chi connectivity index (χ3v) is 3.24. The highest BCUT2D eigenvalue weighted by Crippen LogP contribution is 2.11. The Morgan fingerprint density at radius 2 is 1.81 bits per heavy atom. The van der Waals surface area contributed by atoms with Crippen LogP contribution in [0.15, 0.2) is 36.5 Å². The number of rotatable bonds is 6. The van der Waals surface area contributed by atoms with Crippen molar-refractivity contribution in [2.24, 2.45) is 0 Å². The van der Waals surface area contributed by atoms with E-state index < -0.39 is 0 Å². The van der Waals surface area contributed by atoms with Gasteiger partial charge < -0.3 is 5.32 Å². The normalized spacial score (nSPS) is 10.4. The summed E-state index contributed by atoms with van der Waals surface area (Å²) in [7, 11) is 0. The first-order chi connectivity index (χ1) is 10.1. The van der Waals surface area contributed by atoms with Gasteiger partial charge >= 0.3 is 0 Å². The number of aromatic nitrogens is 2. The number of hydrogen-bond acceptors (Lipinski definition) is 3. The molecule has 0 fully saturated rings. The summed E-state index contributed by atoms with van der Waals surface area (Å²) in [6.07, 6.45) is 3.75. The van der Waals surface area contributed by atoms with Gasteiger partial charge in [-0.05, 0) is 25.5 Å². The first-order valence-corrected chi connectivity index (χ1v) is 7.06. The summed E-state index contributed by atoms with van der Waals surface area (Å²) in [5.41, 5.74) is 1.11. The molecule has 0 atom stereocenters. The summed E-state index contributed by atoms with van der Waals surface area (Å²) in [5.74, 6) is 0.465. The quantitative estimate of drug-likeness (QED) is 0.829. The van der Waals surface area contributed by atoms with E-state index in [1.807, 2.05) is 0 Å². The number of benzene rings is 1. The van der Waals surface area contributed by atoms with Gasteiger partial charge in [0.25, 0.3) is 5.91 Å². The predicted molar refractivity (Wildman–Crippen MR) is 81.5 cm³/mol. The molecule has 0 radical (unpaired) electrons. The van der Waals surface area contributed by atoms with Crippen molar-refractivity contribution in [3.8, 4) is 0 Å². The van der Waals surface area contributed by atoms with Crippen molar-refractivity contribution in [1.82, 2.24) is 9.78 Å². The zero-order chi connectivity index (χ0) is 15.2. The summed E-state index contributed by atoms with van der Waals surface area (Å²) in [6.45, 7) is 4.39. The molecule has 0 spiro atoms. The largest absolute Gasteiger partial charge is 0.307 e. The molecule has 2 rings (SSSR count). The van der Waals surface area contributed by atoms with Gasteiger partial charge in [0, 0.05) is 23.7 Å². The minimum atomic E-state index is -0.205. The Labute approximate surface area is 124 Å². The van der Waals surface area contributed by atoms with E-state index in [-0.39, 0.29) is 11.7 Å². The monoisotopic (exact) mass is 285 g/mol. The van der Waals surface area contributed by atoms with Crippen LogP contribution in [0.3, 0.4) is 0 Å². The molecule has 0 saturated carbocycles. The van der Waals surface area contributed by atoms with Crippen LogP contribution in [-0.4, -0.2) is 21.5 Å². The molecule has 5 heteroatoms. The summed E-state index contributed by atoms with van der Waals surface area (Å²) < 4.78 is 1.78. The van der Waals surface area contributed by atoms with Gasteiger partial charge in [0.05, 0.1) is 6.20 Å². The predicted octanol–water partition coefficient (Wildman–Crippen LogP) is 3.14. The van der Waals surface area contributed by atoms with E-state index in [9.17, 15) is 9.59 Å². The van der Waals surface area contributed by atoms with Gasteiger partial charge in [0.2, 0.25) is 0 Å². The zero-order valence-corrected chi connectivity index (χ0v) is 12.3. The van der Waals surface area contributed by atoms with Crippen molar-refractivity contribution in [3.05, 3.63) is 47.7 Å². The number of nitrogens with one attached hydrogen (secondary N) is 1. The molecule has 1 aromatic heterocycles. The molecular weight excluding hydrogens is 266 g/mol. The van der Waals surface area contributed by atoms with Crippen molar-refractivity contribution >= 4 is 17.5 Å². The highest BCUT2D eigenvalue weighted by atomic mass is 16.1. The topological polar surface area (TPSA) is 64.0 Å². The number of amides is 1. The number of carbonyl (C=O) groups excluding carboxylic acids is 2. The highest BCUT2D eigenvalue weighted by Gasteiger charge is 2.10. The van der Waals surface area contributed by atoms with E-state index in [1.165, 1.54) is 6.92 Å². The maximum Gasteiger partial charge on any atom is 0.256 e. The third-order valence-electron chi connectivity index (χ3n) is 3.24. The molecular formula is C16H19N3O2. The van der Waals surface area contributed by atoms with Crippen LogP contribution in [0.1, 0.15) is 47.4 Å². The minimum Gasteiger partial charge on any atom is -0.307 e. The number of unbranched alkanes of at least 4 members (excludes halogenated alkanes) is 1. The Bertz CT molecular complexity index is 629. The fourth-order valence-electron chi connectivity index (χ4n) is 1.97. The lowest BCUT2D eigenvalue weighted by atomic mass is 10.1. The first kappa shape index (κ1) is 15.0. The molecule has 0 aliphatic carbocycles. The number of Topliss-reactive ketones (excluding diaryl/α,β-unsaturated/α-hetero) is 1. The number of anilines is 1. The van der Waals surface area contributed by atoms with Gasteiger partial charge in [-0.2, -0.15) is 5.10 Å². The molecule has 1 aromatic carbocycles. The molecule has 110 valence electrons. The van der Waals surface area contributed by atoms with Gasteiger partial charge in [0.1, 0.15) is 5.82 Å². The molecule has 2 aromatic rings. The Morgan fingerprint density at radius 3 is 2.43 bits per heavy atom. The SMILES string of the molecule is CCCCn1nccc1NC(=O)c1ccc(C(C)=O)cc1. The van der Waals surface area contributed by atoms with Gasteiger partial charge in [-0.15, -0.1) is 0 Å². The summed E-state index contributed by atoms with van der Waals surface area (Å²) in [4.78, 5) is 23.4. The van der Waals surface area contributed by atoms with Gasteiger partial charge in [-0.1, -0.05) is 25.5 Å². The Morgan fingerprint density at radius 1 is 1.14 bits per heavy atom. The van der Waals surface area contributed by atoms with E-state index in [0.29, 0.717) is 16.9 Å². The van der Waals surface area contributed by atoms with E-state index >= 15 is 0 Å². The summed E-state index contributed by atoms with van der Waals surface area (Å²) >= 11 is 0. The van der Waals surface area contributed by atoms with Gasteiger partial charge in [-0.25, -0.2) is 4.68 Å². The van der Waals surface area contributed by atoms with Crippen LogP contribution in [0.5, 0.6) is 0 Å². The number of nitrogens with zero attached hydrogens (tertiary/aromatic N) is 2. The second kappa shape index (κ2) is 6.83. The molecule has 0 bridgehead atoms. The standard InChI is InChI=1S/C16H19N3O2/c1-3-4-11-19-15(9-10-17-19)18-16(21)14-7-5-13(6-8-14)12(2)20/h5-10H,3-4,11H2,1-2H3,(H,18,21). The van der Waals surface area contributed by atoms with Crippen LogP contribution in [0.2, 0.25) is 0 Å². The molecule has 1 amide bonds. The van der Waals surface area contributed by atoms with E-state index in [4.69, 9.17) is 0 Å². The number of ketones is 1. The number of carbonyl (C=O) groups is 2. The van der Waals surface area contributed by atoms with Crippen molar-refractivity contribution in [1.29, 1.82) is 0 Å². The third kappa shape index (κ3) is 3.78. The van der Waals surface area contributed by atoms with Crippen LogP contribution >= 0.6 is 0 Å². The summed E-state index contributed by atoms with van der Waals surface area (Å²) in [6, 6.07) is 8.40. The number of aryl methyl sites for hydroxylation is 1. The van der Waals surface area contributed by atoms with Crippen molar-refractivity contribution in [3.63, 3.8) is 0 Å². The van der Waals surface area contributed by atoms with Crippen molar-refractivity contribution in [2.45, 2.75) is 33.2 Å². The van der Waals surface area contributed by atoms with E-state index in [2.05, 4.69) is 17.3 Å². The molecule has 0 aliphatic rings. The number of hydrogen-bond donors (Lipinski definition) is 1. The highest BCUT2D eigenvalue weighted by molar-refractivity contribution is 6.04. The average molecular weight is 285 g/mol. The first-order valence-electron chi connectivity index (χ1n) is 7.06. The molecule has 1 N–H and O–H groups in total. The second-order valence-corrected chi connectivity index (χ2v) is 4.88. The van der Waals surface area contributed by atoms with Crippen LogP contribution < -0.4 is 5.32 Å². The maximum absolute atomic E-state index is 12.2. The van der Waals surface area contributed by atoms with Crippen LogP contribution in [-0.2, 0) is 6.54 Å². The maximum atomic E-state index is 12.2. The lowest BCUT2D eigenvalue weighted by molar-refractivity contribution is 0.100. The van der Waals surface area contributed by atoms with Gasteiger partial charge in [-0.3, -0.25) is 9.59 Å². The minimum absolute atomic E-state index is 0.0143. The molecule has 5 nitrogen and oxygen atoms in total. The second-order valence-electron chi connectivity index (χ2n) is 4.88. The van der Waals surface area contributed by atoms with E-state index in [0.717, 1.165) is 19.4 Å². The summed E-state index contributed by atoms with van der Waals surface area (Å²) in [5, 5.41) is 7.04. The molecule has 0 aliphatic heterocycles. The lowest BCUT2D eigenvalue weighted by Crippen LogP contribution is -2.16. The van der Waals surface area contributed by atoms with Crippen LogP contribution in [0.25, 0.3) is 0 Å². The molecule has 0 saturated heterocycles. The molecule has 1 heterocycles. The molecule has 21 heavy (non-hydrogen) atoms. The van der Waals surface area contributed by atoms with Crippen molar-refractivity contribution < 1.29 is 9.59 Å². The fraction of sp³-hybridized carbons (Fsp3) is 0.312. The Kier molecular flexibility index (Phi) is 4.87. The molecule has 0 unspecified atom stereocenters. The Balaban J connectivity index is 2.07. The van der Waals surface area contributed by atoms with Crippen LogP contribution in [0.4, 0.5) is 5.82 Å². The average Bonchev–Trinajstić information content (AvgIpc) is 2.92. The smallest absolute Gasteiger partial charge is 0.256 e. The van der Waals surface area contributed by atoms with Crippen LogP contribution in [0, 0.1) is 0 Å². The Hall–Kier alpha value is -2.43. The van der Waals surface area contributed by atoms with E-state index in [1.54, 1.807) is 41.2 Å².